The Labute approximate surface area is 259 Å². The highest BCUT2D eigenvalue weighted by Crippen LogP contribution is 2.47. The van der Waals surface area contributed by atoms with Crippen LogP contribution >= 0.6 is 0 Å². The quantitative estimate of drug-likeness (QED) is 0.336. The zero-order chi connectivity index (χ0) is 32.6. The number of alkyl carbamates (subject to hydrolysis) is 1. The second-order valence-electron chi connectivity index (χ2n) is 12.2. The number of rotatable bonds is 6. The van der Waals surface area contributed by atoms with Crippen molar-refractivity contribution in [3.63, 3.8) is 0 Å². The highest BCUT2D eigenvalue weighted by molar-refractivity contribution is 7.95. The number of hydrogen-bond acceptors (Lipinski definition) is 10. The normalized spacial score (nSPS) is 22.7. The fourth-order valence-corrected chi connectivity index (χ4v) is 8.83. The monoisotopic (exact) mass is 648 g/mol. The van der Waals surface area contributed by atoms with Gasteiger partial charge >= 0.3 is 6.09 Å². The second-order valence-corrected chi connectivity index (χ2v) is 15.0. The highest BCUT2D eigenvalue weighted by Gasteiger charge is 2.55. The minimum absolute atomic E-state index is 0.0619. The highest BCUT2D eigenvalue weighted by atomic mass is 32.2. The third kappa shape index (κ3) is 6.53. The lowest BCUT2D eigenvalue weighted by Crippen LogP contribution is -2.59. The van der Waals surface area contributed by atoms with Crippen molar-refractivity contribution in [1.29, 1.82) is 0 Å². The number of halogens is 3. The van der Waals surface area contributed by atoms with Gasteiger partial charge in [0.1, 0.15) is 38.9 Å². The maximum Gasteiger partial charge on any atom is 0.413 e. The lowest BCUT2D eigenvalue weighted by atomic mass is 9.91. The molecule has 3 heterocycles. The van der Waals surface area contributed by atoms with E-state index in [4.69, 9.17) is 19.0 Å². The summed E-state index contributed by atoms with van der Waals surface area (Å²) in [7, 11) is -1.56. The van der Waals surface area contributed by atoms with Crippen molar-refractivity contribution in [1.82, 2.24) is 20.4 Å². The predicted octanol–water partition coefficient (Wildman–Crippen LogP) is 6.14. The number of nitrogens with zero attached hydrogens (tertiary/aromatic N) is 5. The Balaban J connectivity index is 1.51. The first-order valence-corrected chi connectivity index (χ1v) is 16.1. The van der Waals surface area contributed by atoms with Gasteiger partial charge in [-0.1, -0.05) is 18.0 Å². The van der Waals surface area contributed by atoms with Gasteiger partial charge in [-0.25, -0.2) is 36.5 Å². The Morgan fingerprint density at radius 1 is 1.16 bits per heavy atom. The summed E-state index contributed by atoms with van der Waals surface area (Å²) in [6.07, 6.45) is 1.71. The maximum absolute atomic E-state index is 15.6. The van der Waals surface area contributed by atoms with Crippen LogP contribution in [0.5, 0.6) is 5.88 Å². The summed E-state index contributed by atoms with van der Waals surface area (Å²) in [5, 5.41) is 6.79. The molecule has 0 unspecified atom stereocenters. The number of aliphatic imine (C=N–C) groups is 1. The van der Waals surface area contributed by atoms with Gasteiger partial charge in [0.2, 0.25) is 5.88 Å². The van der Waals surface area contributed by atoms with Crippen LogP contribution in [0.15, 0.2) is 50.5 Å². The molecule has 15 heteroatoms. The molecular weight excluding hydrogens is 613 g/mol. The molecule has 3 aromatic rings. The predicted molar refractivity (Wildman–Crippen MR) is 161 cm³/mol. The minimum Gasteiger partial charge on any atom is -0.470 e. The van der Waals surface area contributed by atoms with E-state index in [1.54, 1.807) is 39.8 Å². The molecule has 0 bridgehead atoms. The number of amides is 1. The van der Waals surface area contributed by atoms with Crippen LogP contribution < -0.4 is 10.1 Å². The molecule has 11 nitrogen and oxygen atoms in total. The molecular formula is C30H35F3N6O5S. The van der Waals surface area contributed by atoms with E-state index in [-0.39, 0.29) is 28.8 Å². The van der Waals surface area contributed by atoms with E-state index in [0.29, 0.717) is 29.8 Å². The van der Waals surface area contributed by atoms with Crippen molar-refractivity contribution in [2.45, 2.75) is 75.7 Å². The van der Waals surface area contributed by atoms with Crippen molar-refractivity contribution in [3.8, 4) is 28.6 Å². The van der Waals surface area contributed by atoms with Crippen molar-refractivity contribution in [2.24, 2.45) is 9.36 Å². The van der Waals surface area contributed by atoms with Crippen LogP contribution in [-0.2, 0) is 20.0 Å². The number of benzene rings is 1. The van der Waals surface area contributed by atoms with Gasteiger partial charge in [0.15, 0.2) is 12.4 Å². The first kappa shape index (κ1) is 32.4. The lowest BCUT2D eigenvalue weighted by molar-refractivity contribution is 0.0560. The molecule has 5 rings (SSSR count). The van der Waals surface area contributed by atoms with Crippen molar-refractivity contribution in [2.75, 3.05) is 19.4 Å². The Bertz CT molecular complexity index is 1720. The molecule has 242 valence electrons. The van der Waals surface area contributed by atoms with Crippen LogP contribution in [0.1, 0.15) is 58.9 Å². The Kier molecular flexibility index (Phi) is 8.68. The molecule has 1 N–H and O–H groups in total. The van der Waals surface area contributed by atoms with Gasteiger partial charge in [0, 0.05) is 24.2 Å². The van der Waals surface area contributed by atoms with Gasteiger partial charge in [0.05, 0.1) is 27.9 Å². The van der Waals surface area contributed by atoms with Gasteiger partial charge in [-0.05, 0) is 58.7 Å². The zero-order valence-corrected chi connectivity index (χ0v) is 26.4. The summed E-state index contributed by atoms with van der Waals surface area (Å²) >= 11 is 0. The number of alkyl halides is 2. The zero-order valence-electron chi connectivity index (χ0n) is 25.6. The molecule has 1 aromatic carbocycles. The number of hydrogen-bond donors (Lipinski definition) is 1. The van der Waals surface area contributed by atoms with Crippen LogP contribution in [0.4, 0.5) is 18.0 Å². The maximum atomic E-state index is 15.6. The summed E-state index contributed by atoms with van der Waals surface area (Å²) in [5.41, 5.74) is -0.985. The molecule has 0 saturated heterocycles. The van der Waals surface area contributed by atoms with E-state index in [1.807, 2.05) is 0 Å². The summed E-state index contributed by atoms with van der Waals surface area (Å²) in [6, 6.07) is 5.88. The smallest absolute Gasteiger partial charge is 0.413 e. The number of carbonyl (C=O) groups is 1. The van der Waals surface area contributed by atoms with E-state index in [0.717, 1.165) is 12.8 Å². The summed E-state index contributed by atoms with van der Waals surface area (Å²) < 4.78 is 74.4. The molecule has 1 amide bonds. The number of nitrogens with one attached hydrogen (secondary N) is 1. The van der Waals surface area contributed by atoms with E-state index < -0.39 is 50.6 Å². The molecule has 2 aliphatic rings. The van der Waals surface area contributed by atoms with Crippen LogP contribution in [0.25, 0.3) is 22.7 Å². The molecule has 1 saturated carbocycles. The van der Waals surface area contributed by atoms with E-state index >= 15 is 4.39 Å². The molecule has 1 aliphatic carbocycles. The van der Waals surface area contributed by atoms with Gasteiger partial charge in [-0.15, -0.1) is 0 Å². The van der Waals surface area contributed by atoms with Crippen molar-refractivity contribution in [3.05, 3.63) is 48.0 Å². The van der Waals surface area contributed by atoms with Gasteiger partial charge in [-0.3, -0.25) is 10.3 Å². The van der Waals surface area contributed by atoms with E-state index in [1.165, 1.54) is 31.6 Å². The first-order valence-electron chi connectivity index (χ1n) is 14.4. The molecule has 2 aromatic heterocycles. The topological polar surface area (TPSA) is 141 Å². The van der Waals surface area contributed by atoms with Gasteiger partial charge < -0.3 is 14.0 Å². The Morgan fingerprint density at radius 3 is 2.51 bits per heavy atom. The molecule has 1 aliphatic heterocycles. The van der Waals surface area contributed by atoms with Gasteiger partial charge in [0.25, 0.3) is 6.43 Å². The third-order valence-electron chi connectivity index (χ3n) is 7.79. The first-order chi connectivity index (χ1) is 21.2. The Hall–Kier alpha value is -4.01. The largest absolute Gasteiger partial charge is 0.470 e. The average Bonchev–Trinajstić information content (AvgIpc) is 3.66. The number of carbonyl (C=O) groups excluding carboxylic acids is 1. The second kappa shape index (κ2) is 12.1. The van der Waals surface area contributed by atoms with Crippen LogP contribution in [0.3, 0.4) is 0 Å². The number of ether oxygens (including phenoxy) is 2. The molecule has 1 spiro atoms. The molecule has 2 atom stereocenters. The fourth-order valence-electron chi connectivity index (χ4n) is 5.77. The SMILES string of the molecule is CN=[S@@]1(=O)C[C@@](C)(c2cc(-c3cc(-c4cnc(OCC(F)F)cn4)no3)ccc2F)N=C(NC(=O)OC(C)(C)C)C12CCCC2. The summed E-state index contributed by atoms with van der Waals surface area (Å²) in [4.78, 5) is 26.0. The van der Waals surface area contributed by atoms with E-state index in [9.17, 15) is 17.8 Å². The Morgan fingerprint density at radius 2 is 1.89 bits per heavy atom. The van der Waals surface area contributed by atoms with Crippen molar-refractivity contribution >= 4 is 21.7 Å². The standard InChI is InChI=1S/C30H35F3N6O5S/c1-28(2,3)43-27(40)37-26-30(10-6-7-11-30)45(41,34-5)17-29(4,38-26)19-12-18(8-9-20(19)31)23-13-21(39-44-23)22-14-36-25(15-35-22)42-16-24(32)33/h8-9,12-15,24H,6-7,10-11,16-17H2,1-5H3,(H,37,38,40)/t29-,45+/m0/s1. The average molecular weight is 649 g/mol. The van der Waals surface area contributed by atoms with E-state index in [2.05, 4.69) is 24.8 Å². The van der Waals surface area contributed by atoms with Crippen molar-refractivity contribution < 1.29 is 36.2 Å². The lowest BCUT2D eigenvalue weighted by Gasteiger charge is -2.43. The molecule has 1 fully saturated rings. The number of aromatic nitrogens is 3. The minimum atomic E-state index is -3.05. The van der Waals surface area contributed by atoms with Crippen LogP contribution in [0.2, 0.25) is 0 Å². The fraction of sp³-hybridized carbons (Fsp3) is 0.500. The third-order valence-corrected chi connectivity index (χ3v) is 11.2. The number of amidine groups is 1. The molecule has 45 heavy (non-hydrogen) atoms. The van der Waals surface area contributed by atoms with Crippen LogP contribution in [0, 0.1) is 5.82 Å². The summed E-state index contributed by atoms with van der Waals surface area (Å²) in [5.74, 6) is -0.262. The van der Waals surface area contributed by atoms with Crippen LogP contribution in [-0.4, -0.2) is 67.4 Å². The van der Waals surface area contributed by atoms with Gasteiger partial charge in [-0.2, -0.15) is 0 Å². The summed E-state index contributed by atoms with van der Waals surface area (Å²) in [6.45, 7) is 6.06. The molecule has 0 radical (unpaired) electrons.